The Morgan fingerprint density at radius 1 is 0.586 bits per heavy atom. The summed E-state index contributed by atoms with van der Waals surface area (Å²) < 4.78 is 0. The number of fused-ring (bicyclic) bond motifs is 3. The molecule has 5 aromatic rings. The van der Waals surface area contributed by atoms with Crippen LogP contribution in [0.25, 0.3) is 44.2 Å². The first-order chi connectivity index (χ1) is 14.2. The third kappa shape index (κ3) is 3.07. The Morgan fingerprint density at radius 3 is 1.97 bits per heavy atom. The van der Waals surface area contributed by atoms with Crippen LogP contribution in [0.15, 0.2) is 91.0 Å². The van der Waals surface area contributed by atoms with E-state index in [4.69, 9.17) is 9.97 Å². The Kier molecular flexibility index (Phi) is 4.33. The van der Waals surface area contributed by atoms with Gasteiger partial charge in [0.2, 0.25) is 0 Å². The van der Waals surface area contributed by atoms with Crippen LogP contribution >= 0.6 is 0 Å². The van der Waals surface area contributed by atoms with Crippen LogP contribution in [0.3, 0.4) is 0 Å². The van der Waals surface area contributed by atoms with Crippen molar-refractivity contribution in [3.8, 4) is 22.4 Å². The summed E-state index contributed by atoms with van der Waals surface area (Å²) in [5, 5.41) is 2.35. The molecule has 0 saturated carbocycles. The van der Waals surface area contributed by atoms with Gasteiger partial charge in [0.25, 0.3) is 0 Å². The van der Waals surface area contributed by atoms with E-state index < -0.39 is 0 Å². The Morgan fingerprint density at radius 2 is 1.28 bits per heavy atom. The van der Waals surface area contributed by atoms with Gasteiger partial charge >= 0.3 is 0 Å². The Balaban J connectivity index is 1.84. The summed E-state index contributed by atoms with van der Waals surface area (Å²) in [7, 11) is 0. The summed E-state index contributed by atoms with van der Waals surface area (Å²) in [4.78, 5) is 10.2. The van der Waals surface area contributed by atoms with Crippen molar-refractivity contribution in [1.82, 2.24) is 9.97 Å². The predicted molar refractivity (Wildman–Crippen MR) is 122 cm³/mol. The second kappa shape index (κ2) is 7.14. The zero-order chi connectivity index (χ0) is 19.8. The molecule has 0 N–H and O–H groups in total. The first kappa shape index (κ1) is 17.6. The maximum atomic E-state index is 5.17. The van der Waals surface area contributed by atoms with Gasteiger partial charge in [0.15, 0.2) is 0 Å². The van der Waals surface area contributed by atoms with Crippen molar-refractivity contribution >= 4 is 21.8 Å². The normalized spacial score (nSPS) is 11.4. The maximum Gasteiger partial charge on any atom is 0.0973 e. The van der Waals surface area contributed by atoms with Gasteiger partial charge < -0.3 is 0 Å². The third-order valence-electron chi connectivity index (χ3n) is 5.40. The molecule has 1 aromatic heterocycles. The lowest BCUT2D eigenvalue weighted by molar-refractivity contribution is 0.826. The Hall–Kier alpha value is -3.52. The first-order valence-corrected chi connectivity index (χ1v) is 10.1. The number of hydrogen-bond donors (Lipinski definition) is 0. The fourth-order valence-corrected chi connectivity index (χ4v) is 3.97. The highest BCUT2D eigenvalue weighted by molar-refractivity contribution is 6.09. The van der Waals surface area contributed by atoms with Crippen LogP contribution in [-0.4, -0.2) is 9.97 Å². The smallest absolute Gasteiger partial charge is 0.0973 e. The van der Waals surface area contributed by atoms with Gasteiger partial charge in [-0.25, -0.2) is 9.97 Å². The molecule has 0 aliphatic carbocycles. The number of nitrogens with zero attached hydrogens (tertiary/aromatic N) is 2. The van der Waals surface area contributed by atoms with Gasteiger partial charge in [-0.3, -0.25) is 0 Å². The predicted octanol–water partition coefficient (Wildman–Crippen LogP) is 7.24. The van der Waals surface area contributed by atoms with E-state index in [9.17, 15) is 0 Å². The molecule has 0 atom stereocenters. The average molecular weight is 374 g/mol. The van der Waals surface area contributed by atoms with Gasteiger partial charge in [-0.15, -0.1) is 0 Å². The van der Waals surface area contributed by atoms with Crippen molar-refractivity contribution in [3.05, 3.63) is 96.7 Å². The molecule has 0 aliphatic rings. The minimum Gasteiger partial charge on any atom is -0.249 e. The number of hydrogen-bond acceptors (Lipinski definition) is 2. The Bertz CT molecular complexity index is 1310. The molecule has 1 heterocycles. The molecule has 2 nitrogen and oxygen atoms in total. The van der Waals surface area contributed by atoms with Gasteiger partial charge in [0.1, 0.15) is 0 Å². The van der Waals surface area contributed by atoms with Crippen LogP contribution in [0, 0.1) is 0 Å². The minimum absolute atomic E-state index is 0.299. The second-order valence-corrected chi connectivity index (χ2v) is 7.68. The molecule has 0 radical (unpaired) electrons. The molecule has 0 unspecified atom stereocenters. The average Bonchev–Trinajstić information content (AvgIpc) is 2.78. The van der Waals surface area contributed by atoms with E-state index >= 15 is 0 Å². The van der Waals surface area contributed by atoms with Crippen molar-refractivity contribution < 1.29 is 0 Å². The van der Waals surface area contributed by atoms with E-state index in [1.165, 1.54) is 16.5 Å². The van der Waals surface area contributed by atoms with Crippen molar-refractivity contribution in [1.29, 1.82) is 0 Å². The lowest BCUT2D eigenvalue weighted by atomic mass is 9.96. The maximum absolute atomic E-state index is 5.17. The van der Waals surface area contributed by atoms with Crippen LogP contribution in [0.1, 0.15) is 25.5 Å². The summed E-state index contributed by atoms with van der Waals surface area (Å²) in [5.74, 6) is 0.299. The second-order valence-electron chi connectivity index (χ2n) is 7.68. The van der Waals surface area contributed by atoms with E-state index in [0.717, 1.165) is 33.4 Å². The molecule has 2 heteroatoms. The fourth-order valence-electron chi connectivity index (χ4n) is 3.97. The number of aromatic nitrogens is 2. The van der Waals surface area contributed by atoms with E-state index in [2.05, 4.69) is 98.8 Å². The molecule has 0 aliphatic heterocycles. The molecule has 0 fully saturated rings. The fraction of sp³-hybridized carbons (Fsp3) is 0.111. The van der Waals surface area contributed by atoms with Gasteiger partial charge in [0.05, 0.1) is 22.4 Å². The summed E-state index contributed by atoms with van der Waals surface area (Å²) in [6.07, 6.45) is 0. The van der Waals surface area contributed by atoms with E-state index in [1.54, 1.807) is 0 Å². The van der Waals surface area contributed by atoms with Crippen molar-refractivity contribution in [2.24, 2.45) is 0 Å². The largest absolute Gasteiger partial charge is 0.249 e. The van der Waals surface area contributed by atoms with Gasteiger partial charge in [0, 0.05) is 10.9 Å². The highest BCUT2D eigenvalue weighted by Gasteiger charge is 2.16. The zero-order valence-electron chi connectivity index (χ0n) is 16.6. The highest BCUT2D eigenvalue weighted by atomic mass is 14.8. The van der Waals surface area contributed by atoms with Crippen molar-refractivity contribution in [2.45, 2.75) is 19.8 Å². The SMILES string of the molecule is CC(C)c1nc2ccc3c(-c4ccccc4)cccc3c2nc1-c1ccccc1. The summed E-state index contributed by atoms with van der Waals surface area (Å²) >= 11 is 0. The van der Waals surface area contributed by atoms with E-state index in [-0.39, 0.29) is 0 Å². The minimum atomic E-state index is 0.299. The standard InChI is InChI=1S/C27H22N2/c1-18(2)25-26(20-12-7-4-8-13-20)29-27-23-15-9-14-21(19-10-5-3-6-11-19)22(23)16-17-24(27)28-25/h3-18H,1-2H3. The summed E-state index contributed by atoms with van der Waals surface area (Å²) in [6.45, 7) is 4.35. The lowest BCUT2D eigenvalue weighted by Gasteiger charge is -2.15. The molecule has 5 rings (SSSR count). The van der Waals surface area contributed by atoms with E-state index in [1.807, 2.05) is 6.07 Å². The molecule has 0 spiro atoms. The number of rotatable bonds is 3. The van der Waals surface area contributed by atoms with Crippen LogP contribution in [0.2, 0.25) is 0 Å². The molecule has 4 aromatic carbocycles. The van der Waals surface area contributed by atoms with Crippen LogP contribution in [0.4, 0.5) is 0 Å². The van der Waals surface area contributed by atoms with E-state index in [0.29, 0.717) is 5.92 Å². The van der Waals surface area contributed by atoms with Crippen LogP contribution in [-0.2, 0) is 0 Å². The lowest BCUT2D eigenvalue weighted by Crippen LogP contribution is -2.01. The summed E-state index contributed by atoms with van der Waals surface area (Å²) in [6, 6.07) is 31.6. The quantitative estimate of drug-likeness (QED) is 0.311. The van der Waals surface area contributed by atoms with Gasteiger partial charge in [-0.05, 0) is 28.5 Å². The van der Waals surface area contributed by atoms with Crippen molar-refractivity contribution in [3.63, 3.8) is 0 Å². The first-order valence-electron chi connectivity index (χ1n) is 10.1. The molecule has 140 valence electrons. The van der Waals surface area contributed by atoms with Crippen LogP contribution < -0.4 is 0 Å². The summed E-state index contributed by atoms with van der Waals surface area (Å²) in [5.41, 5.74) is 7.48. The molecular weight excluding hydrogens is 352 g/mol. The molecular formula is C27H22N2. The van der Waals surface area contributed by atoms with Gasteiger partial charge in [-0.1, -0.05) is 98.8 Å². The monoisotopic (exact) mass is 374 g/mol. The molecule has 0 saturated heterocycles. The Labute approximate surface area is 170 Å². The van der Waals surface area contributed by atoms with Crippen molar-refractivity contribution in [2.75, 3.05) is 0 Å². The third-order valence-corrected chi connectivity index (χ3v) is 5.40. The topological polar surface area (TPSA) is 25.8 Å². The van der Waals surface area contributed by atoms with Crippen LogP contribution in [0.5, 0.6) is 0 Å². The zero-order valence-corrected chi connectivity index (χ0v) is 16.6. The molecule has 29 heavy (non-hydrogen) atoms. The highest BCUT2D eigenvalue weighted by Crippen LogP contribution is 2.34. The molecule has 0 bridgehead atoms. The van der Waals surface area contributed by atoms with Gasteiger partial charge in [-0.2, -0.15) is 0 Å². The molecule has 0 amide bonds. The number of benzene rings is 4.